The van der Waals surface area contributed by atoms with Gasteiger partial charge in [-0.25, -0.2) is 9.97 Å². The van der Waals surface area contributed by atoms with Gasteiger partial charge in [-0.3, -0.25) is 4.79 Å². The number of carbonyl (C=O) groups is 1. The smallest absolute Gasteiger partial charge is 0.406 e. The number of anilines is 1. The van der Waals surface area contributed by atoms with Gasteiger partial charge < -0.3 is 25.1 Å². The van der Waals surface area contributed by atoms with Gasteiger partial charge in [0.2, 0.25) is 0 Å². The van der Waals surface area contributed by atoms with Gasteiger partial charge in [-0.15, -0.1) is 13.2 Å². The van der Waals surface area contributed by atoms with Crippen molar-refractivity contribution in [2.45, 2.75) is 63.3 Å². The van der Waals surface area contributed by atoms with Crippen LogP contribution in [0.25, 0.3) is 11.2 Å². The van der Waals surface area contributed by atoms with Gasteiger partial charge in [0.1, 0.15) is 17.1 Å². The largest absolute Gasteiger partial charge is 0.573 e. The third-order valence-corrected chi connectivity index (χ3v) is 7.30. The molecular weight excluding hydrogens is 487 g/mol. The Morgan fingerprint density at radius 3 is 2.59 bits per heavy atom. The molecular formula is C26H30F3N5O3. The Hall–Kier alpha value is -3.34. The summed E-state index contributed by atoms with van der Waals surface area (Å²) in [4.78, 5) is 27.5. The third-order valence-electron chi connectivity index (χ3n) is 7.30. The van der Waals surface area contributed by atoms with Gasteiger partial charge in [0, 0.05) is 37.0 Å². The molecule has 5 rings (SSSR count). The molecule has 2 saturated heterocycles. The molecule has 0 spiro atoms. The summed E-state index contributed by atoms with van der Waals surface area (Å²) < 4.78 is 47.3. The third kappa shape index (κ3) is 5.51. The number of amides is 1. The number of nitrogens with one attached hydrogen (secondary N) is 1. The molecule has 1 amide bonds. The fourth-order valence-corrected chi connectivity index (χ4v) is 5.19. The number of likely N-dealkylation sites (tertiary alicyclic amines) is 1. The number of alkyl halides is 3. The maximum absolute atomic E-state index is 13.0. The summed E-state index contributed by atoms with van der Waals surface area (Å²) in [6, 6.07) is 5.39. The number of nitrogens with two attached hydrogens (primary N) is 1. The van der Waals surface area contributed by atoms with Gasteiger partial charge in [-0.1, -0.05) is 0 Å². The number of ether oxygens (including phenoxy) is 2. The number of halogens is 3. The SMILES string of the molecule is CC1(C)CC[C@H](c2nc3c(C4CCN(C(=O)c5ccc(OC(F)(F)F)cc5N)CC4)ccnc3[nH]2)CO1. The van der Waals surface area contributed by atoms with E-state index in [1.807, 2.05) is 6.07 Å². The zero-order valence-corrected chi connectivity index (χ0v) is 20.8. The number of rotatable bonds is 4. The minimum Gasteiger partial charge on any atom is -0.406 e. The van der Waals surface area contributed by atoms with Crippen molar-refractivity contribution in [1.29, 1.82) is 0 Å². The number of pyridine rings is 1. The predicted octanol–water partition coefficient (Wildman–Crippen LogP) is 5.13. The standard InChI is InChI=1S/C26H30F3N5O3/c1-25(2)9-5-16(14-36-25)22-32-21-18(6-10-31-23(21)33-22)15-7-11-34(12-8-15)24(35)19-4-3-17(13-20(19)30)37-26(27,28)29/h3-4,6,10,13,15-16H,5,7-9,11-12,14,30H2,1-2H3,(H,31,32,33)/t16-/m0/s1. The number of aromatic amines is 1. The summed E-state index contributed by atoms with van der Waals surface area (Å²) in [6.45, 7) is 5.82. The van der Waals surface area contributed by atoms with Crippen molar-refractivity contribution in [2.75, 3.05) is 25.4 Å². The molecule has 2 aromatic heterocycles. The van der Waals surface area contributed by atoms with Crippen molar-refractivity contribution >= 4 is 22.8 Å². The first-order valence-corrected chi connectivity index (χ1v) is 12.4. The Labute approximate surface area is 212 Å². The Morgan fingerprint density at radius 1 is 1.19 bits per heavy atom. The topological polar surface area (TPSA) is 106 Å². The number of nitrogen functional groups attached to an aromatic ring is 1. The van der Waals surface area contributed by atoms with Crippen LogP contribution < -0.4 is 10.5 Å². The Kier molecular flexibility index (Phi) is 6.51. The second-order valence-electron chi connectivity index (χ2n) is 10.4. The van der Waals surface area contributed by atoms with Gasteiger partial charge in [0.25, 0.3) is 5.91 Å². The number of hydrogen-bond acceptors (Lipinski definition) is 6. The molecule has 1 atom stereocenters. The van der Waals surface area contributed by atoms with E-state index in [1.165, 1.54) is 6.07 Å². The lowest BCUT2D eigenvalue weighted by Gasteiger charge is -2.33. The van der Waals surface area contributed by atoms with Gasteiger partial charge in [0.05, 0.1) is 17.8 Å². The normalized spacial score (nSPS) is 20.8. The summed E-state index contributed by atoms with van der Waals surface area (Å²) >= 11 is 0. The average Bonchev–Trinajstić information content (AvgIpc) is 3.27. The monoisotopic (exact) mass is 517 g/mol. The maximum atomic E-state index is 13.0. The zero-order chi connectivity index (χ0) is 26.4. The molecule has 2 aliphatic heterocycles. The van der Waals surface area contributed by atoms with Crippen molar-refractivity contribution in [1.82, 2.24) is 19.9 Å². The van der Waals surface area contributed by atoms with Crippen LogP contribution in [0.3, 0.4) is 0 Å². The Morgan fingerprint density at radius 2 is 1.95 bits per heavy atom. The number of carbonyl (C=O) groups excluding carboxylic acids is 1. The summed E-state index contributed by atoms with van der Waals surface area (Å²) in [5.74, 6) is 0.534. The summed E-state index contributed by atoms with van der Waals surface area (Å²) in [6.07, 6.45) is 0.363. The molecule has 3 aromatic rings. The molecule has 0 bridgehead atoms. The Balaban J connectivity index is 1.26. The molecule has 0 aliphatic carbocycles. The van der Waals surface area contributed by atoms with Crippen LogP contribution in [-0.4, -0.2) is 57.4 Å². The first kappa shape index (κ1) is 25.3. The molecule has 8 nitrogen and oxygen atoms in total. The lowest BCUT2D eigenvalue weighted by Crippen LogP contribution is -2.38. The highest BCUT2D eigenvalue weighted by Gasteiger charge is 2.33. The van der Waals surface area contributed by atoms with Gasteiger partial charge in [-0.2, -0.15) is 0 Å². The van der Waals surface area contributed by atoms with E-state index in [0.717, 1.165) is 60.4 Å². The number of H-pyrrole nitrogens is 1. The lowest BCUT2D eigenvalue weighted by atomic mass is 9.89. The quantitative estimate of drug-likeness (QED) is 0.465. The summed E-state index contributed by atoms with van der Waals surface area (Å²) in [5.41, 5.74) is 8.60. The minimum absolute atomic E-state index is 0.0520. The molecule has 1 aromatic carbocycles. The van der Waals surface area contributed by atoms with Crippen LogP contribution in [0.5, 0.6) is 5.75 Å². The zero-order valence-electron chi connectivity index (χ0n) is 20.8. The minimum atomic E-state index is -4.82. The van der Waals surface area contributed by atoms with Crippen LogP contribution in [0.15, 0.2) is 30.5 Å². The molecule has 11 heteroatoms. The van der Waals surface area contributed by atoms with E-state index >= 15 is 0 Å². The summed E-state index contributed by atoms with van der Waals surface area (Å²) in [5, 5.41) is 0. The van der Waals surface area contributed by atoms with Gasteiger partial charge in [-0.05, 0) is 69.2 Å². The predicted molar refractivity (Wildman–Crippen MR) is 131 cm³/mol. The number of benzene rings is 1. The average molecular weight is 518 g/mol. The van der Waals surface area contributed by atoms with E-state index in [-0.39, 0.29) is 34.6 Å². The van der Waals surface area contributed by atoms with Gasteiger partial charge in [0.15, 0.2) is 5.65 Å². The van der Waals surface area contributed by atoms with Crippen LogP contribution in [0.1, 0.15) is 73.1 Å². The van der Waals surface area contributed by atoms with E-state index in [4.69, 9.17) is 15.5 Å². The van der Waals surface area contributed by atoms with Crippen LogP contribution in [-0.2, 0) is 4.74 Å². The number of nitrogens with zero attached hydrogens (tertiary/aromatic N) is 3. The molecule has 0 unspecified atom stereocenters. The molecule has 37 heavy (non-hydrogen) atoms. The van der Waals surface area contributed by atoms with E-state index in [0.29, 0.717) is 19.7 Å². The number of hydrogen-bond donors (Lipinski definition) is 2. The highest BCUT2D eigenvalue weighted by molar-refractivity contribution is 5.99. The van der Waals surface area contributed by atoms with Crippen molar-refractivity contribution < 1.29 is 27.4 Å². The molecule has 198 valence electrons. The lowest BCUT2D eigenvalue weighted by molar-refractivity contribution is -0.274. The highest BCUT2D eigenvalue weighted by Crippen LogP contribution is 2.36. The van der Waals surface area contributed by atoms with Crippen LogP contribution in [0.2, 0.25) is 0 Å². The van der Waals surface area contributed by atoms with Crippen molar-refractivity contribution in [3.8, 4) is 5.75 Å². The molecule has 0 saturated carbocycles. The van der Waals surface area contributed by atoms with Crippen LogP contribution in [0, 0.1) is 0 Å². The van der Waals surface area contributed by atoms with Crippen LogP contribution in [0.4, 0.5) is 18.9 Å². The molecule has 2 aliphatic rings. The first-order valence-electron chi connectivity index (χ1n) is 12.4. The van der Waals surface area contributed by atoms with E-state index < -0.39 is 12.1 Å². The number of aromatic nitrogens is 3. The van der Waals surface area contributed by atoms with Crippen molar-refractivity contribution in [2.24, 2.45) is 0 Å². The van der Waals surface area contributed by atoms with Crippen molar-refractivity contribution in [3.63, 3.8) is 0 Å². The fraction of sp³-hybridized carbons (Fsp3) is 0.500. The highest BCUT2D eigenvalue weighted by atomic mass is 19.4. The number of fused-ring (bicyclic) bond motifs is 1. The Bertz CT molecular complexity index is 1290. The first-order chi connectivity index (χ1) is 17.5. The molecule has 0 radical (unpaired) electrons. The molecule has 4 heterocycles. The van der Waals surface area contributed by atoms with Gasteiger partial charge >= 0.3 is 6.36 Å². The number of piperidine rings is 1. The second-order valence-corrected chi connectivity index (χ2v) is 10.4. The van der Waals surface area contributed by atoms with Crippen molar-refractivity contribution in [3.05, 3.63) is 47.4 Å². The second kappa shape index (κ2) is 9.51. The number of imidazole rings is 1. The van der Waals surface area contributed by atoms with E-state index in [9.17, 15) is 18.0 Å². The molecule has 2 fully saturated rings. The maximum Gasteiger partial charge on any atom is 0.573 e. The fourth-order valence-electron chi connectivity index (χ4n) is 5.19. The molecule has 3 N–H and O–H groups in total. The summed E-state index contributed by atoms with van der Waals surface area (Å²) in [7, 11) is 0. The van der Waals surface area contributed by atoms with E-state index in [1.54, 1.807) is 11.1 Å². The van der Waals surface area contributed by atoms with E-state index in [2.05, 4.69) is 28.6 Å². The van der Waals surface area contributed by atoms with Crippen LogP contribution >= 0.6 is 0 Å².